The van der Waals surface area contributed by atoms with E-state index in [0.29, 0.717) is 12.4 Å². The first-order chi connectivity index (χ1) is 9.78. The number of benzene rings is 2. The van der Waals surface area contributed by atoms with Crippen molar-refractivity contribution in [3.63, 3.8) is 0 Å². The van der Waals surface area contributed by atoms with E-state index in [1.54, 1.807) is 4.80 Å². The van der Waals surface area contributed by atoms with E-state index in [-0.39, 0.29) is 0 Å². The van der Waals surface area contributed by atoms with Crippen molar-refractivity contribution in [3.05, 3.63) is 59.7 Å². The smallest absolute Gasteiger partial charge is 0.205 e. The lowest BCUT2D eigenvalue weighted by molar-refractivity contribution is 0.714. The third kappa shape index (κ3) is 2.31. The molecule has 0 bridgehead atoms. The maximum atomic E-state index is 5.68. The number of hydrogen-bond donors (Lipinski definition) is 1. The van der Waals surface area contributed by atoms with Crippen molar-refractivity contribution in [2.75, 3.05) is 0 Å². The SMILES string of the molecule is Cc1ccc(CN)cc1-n1nnc(-c2ccccc2)n1. The van der Waals surface area contributed by atoms with Gasteiger partial charge in [-0.2, -0.15) is 0 Å². The summed E-state index contributed by atoms with van der Waals surface area (Å²) < 4.78 is 0. The maximum absolute atomic E-state index is 5.68. The molecule has 0 saturated carbocycles. The molecule has 5 nitrogen and oxygen atoms in total. The van der Waals surface area contributed by atoms with E-state index < -0.39 is 0 Å². The summed E-state index contributed by atoms with van der Waals surface area (Å²) in [5, 5.41) is 12.7. The second kappa shape index (κ2) is 5.22. The second-order valence-corrected chi connectivity index (χ2v) is 4.59. The first-order valence-corrected chi connectivity index (χ1v) is 6.43. The number of aromatic nitrogens is 4. The molecule has 0 aliphatic carbocycles. The Labute approximate surface area is 117 Å². The molecule has 0 atom stereocenters. The van der Waals surface area contributed by atoms with Crippen molar-refractivity contribution in [2.24, 2.45) is 5.73 Å². The molecule has 2 aromatic carbocycles. The van der Waals surface area contributed by atoms with Gasteiger partial charge in [-0.05, 0) is 29.3 Å². The molecule has 0 spiro atoms. The number of aryl methyl sites for hydroxylation is 1. The fourth-order valence-electron chi connectivity index (χ4n) is 2.02. The minimum absolute atomic E-state index is 0.494. The molecular weight excluding hydrogens is 250 g/mol. The molecule has 100 valence electrons. The van der Waals surface area contributed by atoms with Gasteiger partial charge in [-0.25, -0.2) is 0 Å². The van der Waals surface area contributed by atoms with E-state index in [1.807, 2.05) is 55.5 Å². The minimum Gasteiger partial charge on any atom is -0.326 e. The van der Waals surface area contributed by atoms with Crippen LogP contribution in [0, 0.1) is 6.92 Å². The summed E-state index contributed by atoms with van der Waals surface area (Å²) in [5.41, 5.74) is 9.66. The van der Waals surface area contributed by atoms with Gasteiger partial charge < -0.3 is 5.73 Å². The van der Waals surface area contributed by atoms with Crippen molar-refractivity contribution in [1.29, 1.82) is 0 Å². The largest absolute Gasteiger partial charge is 0.326 e. The Kier molecular flexibility index (Phi) is 3.26. The predicted molar refractivity (Wildman–Crippen MR) is 77.2 cm³/mol. The Balaban J connectivity index is 2.02. The molecule has 20 heavy (non-hydrogen) atoms. The van der Waals surface area contributed by atoms with Crippen LogP contribution in [0.1, 0.15) is 11.1 Å². The monoisotopic (exact) mass is 265 g/mol. The summed E-state index contributed by atoms with van der Waals surface area (Å²) in [5.74, 6) is 0.614. The number of tetrazole rings is 1. The first kappa shape index (κ1) is 12.5. The lowest BCUT2D eigenvalue weighted by atomic mass is 10.1. The molecule has 3 aromatic rings. The van der Waals surface area contributed by atoms with Gasteiger partial charge in [0.2, 0.25) is 5.82 Å². The molecule has 0 unspecified atom stereocenters. The van der Waals surface area contributed by atoms with Gasteiger partial charge in [-0.3, -0.25) is 0 Å². The van der Waals surface area contributed by atoms with Crippen LogP contribution in [0.4, 0.5) is 0 Å². The summed E-state index contributed by atoms with van der Waals surface area (Å²) >= 11 is 0. The highest BCUT2D eigenvalue weighted by atomic mass is 15.6. The lowest BCUT2D eigenvalue weighted by Crippen LogP contribution is -2.04. The van der Waals surface area contributed by atoms with Crippen LogP contribution in [0.2, 0.25) is 0 Å². The molecule has 3 rings (SSSR count). The fraction of sp³-hybridized carbons (Fsp3) is 0.133. The highest BCUT2D eigenvalue weighted by molar-refractivity contribution is 5.53. The van der Waals surface area contributed by atoms with Crippen molar-refractivity contribution in [1.82, 2.24) is 20.2 Å². The third-order valence-corrected chi connectivity index (χ3v) is 3.17. The molecule has 0 amide bonds. The van der Waals surface area contributed by atoms with Gasteiger partial charge >= 0.3 is 0 Å². The van der Waals surface area contributed by atoms with Crippen LogP contribution < -0.4 is 5.73 Å². The normalized spacial score (nSPS) is 10.7. The average Bonchev–Trinajstić information content (AvgIpc) is 2.98. The van der Waals surface area contributed by atoms with Gasteiger partial charge in [0.1, 0.15) is 0 Å². The van der Waals surface area contributed by atoms with Crippen LogP contribution in [0.25, 0.3) is 17.1 Å². The molecule has 0 saturated heterocycles. The highest BCUT2D eigenvalue weighted by Gasteiger charge is 2.09. The van der Waals surface area contributed by atoms with E-state index >= 15 is 0 Å². The van der Waals surface area contributed by atoms with Gasteiger partial charge in [0.05, 0.1) is 5.69 Å². The topological polar surface area (TPSA) is 69.6 Å². The quantitative estimate of drug-likeness (QED) is 0.787. The van der Waals surface area contributed by atoms with Crippen molar-refractivity contribution in [2.45, 2.75) is 13.5 Å². The lowest BCUT2D eigenvalue weighted by Gasteiger charge is -2.05. The highest BCUT2D eigenvalue weighted by Crippen LogP contribution is 2.17. The molecule has 1 aromatic heterocycles. The molecule has 1 heterocycles. The molecule has 0 aliphatic rings. The van der Waals surface area contributed by atoms with Crippen LogP contribution in [-0.4, -0.2) is 20.2 Å². The Bertz CT molecular complexity index is 718. The molecule has 0 radical (unpaired) electrons. The van der Waals surface area contributed by atoms with Gasteiger partial charge in [0.15, 0.2) is 0 Å². The zero-order valence-corrected chi connectivity index (χ0v) is 11.2. The van der Waals surface area contributed by atoms with E-state index in [0.717, 1.165) is 22.4 Å². The van der Waals surface area contributed by atoms with Crippen LogP contribution >= 0.6 is 0 Å². The third-order valence-electron chi connectivity index (χ3n) is 3.17. The van der Waals surface area contributed by atoms with Crippen molar-refractivity contribution >= 4 is 0 Å². The van der Waals surface area contributed by atoms with E-state index in [1.165, 1.54) is 0 Å². The Morgan fingerprint density at radius 1 is 1.10 bits per heavy atom. The van der Waals surface area contributed by atoms with Crippen LogP contribution in [0.15, 0.2) is 48.5 Å². The number of nitrogens with two attached hydrogens (primary N) is 1. The summed E-state index contributed by atoms with van der Waals surface area (Å²) in [6, 6.07) is 15.8. The zero-order valence-electron chi connectivity index (χ0n) is 11.2. The summed E-state index contributed by atoms with van der Waals surface area (Å²) in [7, 11) is 0. The summed E-state index contributed by atoms with van der Waals surface area (Å²) in [6.07, 6.45) is 0. The molecular formula is C15H15N5. The summed E-state index contributed by atoms with van der Waals surface area (Å²) in [6.45, 7) is 2.51. The van der Waals surface area contributed by atoms with Crippen LogP contribution in [0.3, 0.4) is 0 Å². The number of hydrogen-bond acceptors (Lipinski definition) is 4. The van der Waals surface area contributed by atoms with Crippen LogP contribution in [-0.2, 0) is 6.54 Å². The number of rotatable bonds is 3. The average molecular weight is 265 g/mol. The standard InChI is InChI=1S/C15H15N5/c1-11-7-8-12(10-16)9-14(11)20-18-15(17-19-20)13-5-3-2-4-6-13/h2-9H,10,16H2,1H3. The second-order valence-electron chi connectivity index (χ2n) is 4.59. The number of nitrogens with zero attached hydrogens (tertiary/aromatic N) is 4. The molecule has 2 N–H and O–H groups in total. The van der Waals surface area contributed by atoms with E-state index in [4.69, 9.17) is 5.73 Å². The van der Waals surface area contributed by atoms with E-state index in [2.05, 4.69) is 15.4 Å². The van der Waals surface area contributed by atoms with Crippen molar-refractivity contribution < 1.29 is 0 Å². The molecule has 0 fully saturated rings. The maximum Gasteiger partial charge on any atom is 0.205 e. The molecule has 0 aliphatic heterocycles. The fourth-order valence-corrected chi connectivity index (χ4v) is 2.02. The predicted octanol–water partition coefficient (Wildman–Crippen LogP) is 2.10. The van der Waals surface area contributed by atoms with Gasteiger partial charge in [0, 0.05) is 12.1 Å². The van der Waals surface area contributed by atoms with Crippen molar-refractivity contribution in [3.8, 4) is 17.1 Å². The van der Waals surface area contributed by atoms with Crippen LogP contribution in [0.5, 0.6) is 0 Å². The Hall–Kier alpha value is -2.53. The van der Waals surface area contributed by atoms with Gasteiger partial charge in [-0.1, -0.05) is 42.5 Å². The minimum atomic E-state index is 0.494. The zero-order chi connectivity index (χ0) is 13.9. The Morgan fingerprint density at radius 2 is 1.90 bits per heavy atom. The van der Waals surface area contributed by atoms with Gasteiger partial charge in [0.25, 0.3) is 0 Å². The Morgan fingerprint density at radius 3 is 2.65 bits per heavy atom. The summed E-state index contributed by atoms with van der Waals surface area (Å²) in [4.78, 5) is 1.55. The van der Waals surface area contributed by atoms with E-state index in [9.17, 15) is 0 Å². The van der Waals surface area contributed by atoms with Gasteiger partial charge in [-0.15, -0.1) is 15.0 Å². The first-order valence-electron chi connectivity index (χ1n) is 6.43. The molecule has 5 heteroatoms.